The van der Waals surface area contributed by atoms with Crippen molar-refractivity contribution >= 4 is 24.8 Å². The van der Waals surface area contributed by atoms with Crippen LogP contribution in [0.3, 0.4) is 0 Å². The van der Waals surface area contributed by atoms with Crippen LogP contribution in [0.15, 0.2) is 65.8 Å². The van der Waals surface area contributed by atoms with Gasteiger partial charge in [-0.25, -0.2) is 4.79 Å². The first-order chi connectivity index (χ1) is 14.3. The van der Waals surface area contributed by atoms with Crippen molar-refractivity contribution in [1.82, 2.24) is 4.90 Å². The lowest BCUT2D eigenvalue weighted by Gasteiger charge is -2.44. The largest absolute Gasteiger partial charge is 0.465 e. The molecular weight excluding hydrogens is 396 g/mol. The van der Waals surface area contributed by atoms with Crippen molar-refractivity contribution in [3.8, 4) is 0 Å². The van der Waals surface area contributed by atoms with Gasteiger partial charge in [0, 0.05) is 11.5 Å². The Labute approximate surface area is 178 Å². The van der Waals surface area contributed by atoms with E-state index in [4.69, 9.17) is 9.96 Å². The van der Waals surface area contributed by atoms with Crippen molar-refractivity contribution in [3.05, 3.63) is 71.1 Å². The zero-order valence-corrected chi connectivity index (χ0v) is 18.6. The second kappa shape index (κ2) is 8.91. The predicted octanol–water partition coefficient (Wildman–Crippen LogP) is 3.99. The molecule has 2 aromatic rings. The fourth-order valence-corrected chi connectivity index (χ4v) is 9.02. The van der Waals surface area contributed by atoms with E-state index in [-0.39, 0.29) is 30.3 Å². The standard InChI is InChI=1S/C22H28N4O3Si/c1-22(2,3)30(19-10-6-4-7-11-19,20-12-8-5-9-13-20)29-16-18-14-17(24-25-23)15-26(18)21(27)28/h4-13,17-18H,14-16H2,1-3H3,(H,27,28)/t17-,18+/m1/s1. The molecule has 8 heteroatoms. The fraction of sp³-hybridized carbons (Fsp3) is 0.409. The van der Waals surface area contributed by atoms with Gasteiger partial charge in [-0.15, -0.1) is 0 Å². The van der Waals surface area contributed by atoms with Crippen LogP contribution in [0.2, 0.25) is 5.04 Å². The van der Waals surface area contributed by atoms with E-state index in [1.54, 1.807) is 0 Å². The third-order valence-corrected chi connectivity index (χ3v) is 10.8. The molecule has 3 rings (SSSR count). The number of carboxylic acid groups (broad SMARTS) is 1. The van der Waals surface area contributed by atoms with Gasteiger partial charge in [0.15, 0.2) is 0 Å². The minimum Gasteiger partial charge on any atom is -0.465 e. The molecule has 1 saturated heterocycles. The van der Waals surface area contributed by atoms with Gasteiger partial charge in [-0.05, 0) is 27.4 Å². The monoisotopic (exact) mass is 424 g/mol. The van der Waals surface area contributed by atoms with E-state index in [9.17, 15) is 9.90 Å². The molecule has 2 atom stereocenters. The van der Waals surface area contributed by atoms with E-state index in [0.717, 1.165) is 10.4 Å². The highest BCUT2D eigenvalue weighted by Crippen LogP contribution is 2.37. The Bertz CT molecular complexity index is 871. The Morgan fingerprint density at radius 2 is 1.70 bits per heavy atom. The van der Waals surface area contributed by atoms with Crippen LogP contribution in [0.1, 0.15) is 27.2 Å². The number of amides is 1. The second-order valence-electron chi connectivity index (χ2n) is 8.66. The zero-order valence-electron chi connectivity index (χ0n) is 17.6. The van der Waals surface area contributed by atoms with Crippen molar-refractivity contribution in [1.29, 1.82) is 0 Å². The van der Waals surface area contributed by atoms with Crippen molar-refractivity contribution in [2.24, 2.45) is 5.11 Å². The first-order valence-electron chi connectivity index (χ1n) is 10.1. The minimum atomic E-state index is -2.74. The number of carbonyl (C=O) groups is 1. The Kier molecular flexibility index (Phi) is 6.51. The molecule has 0 saturated carbocycles. The van der Waals surface area contributed by atoms with Crippen LogP contribution in [-0.2, 0) is 4.43 Å². The van der Waals surface area contributed by atoms with E-state index in [1.165, 1.54) is 4.90 Å². The quantitative estimate of drug-likeness (QED) is 0.328. The van der Waals surface area contributed by atoms with Crippen LogP contribution < -0.4 is 10.4 Å². The van der Waals surface area contributed by atoms with E-state index < -0.39 is 14.4 Å². The highest BCUT2D eigenvalue weighted by Gasteiger charge is 2.51. The van der Waals surface area contributed by atoms with Crippen LogP contribution >= 0.6 is 0 Å². The predicted molar refractivity (Wildman–Crippen MR) is 120 cm³/mol. The smallest absolute Gasteiger partial charge is 0.407 e. The van der Waals surface area contributed by atoms with E-state index >= 15 is 0 Å². The third kappa shape index (κ3) is 4.21. The van der Waals surface area contributed by atoms with Crippen molar-refractivity contribution in [2.75, 3.05) is 13.2 Å². The molecule has 0 aromatic heterocycles. The molecular formula is C22H28N4O3Si. The molecule has 0 unspecified atom stereocenters. The van der Waals surface area contributed by atoms with E-state index in [2.05, 4.69) is 55.1 Å². The van der Waals surface area contributed by atoms with Crippen LogP contribution in [0.5, 0.6) is 0 Å². The van der Waals surface area contributed by atoms with Gasteiger partial charge in [0.05, 0.1) is 18.7 Å². The maximum atomic E-state index is 11.8. The molecule has 0 spiro atoms. The van der Waals surface area contributed by atoms with E-state index in [0.29, 0.717) is 6.42 Å². The molecule has 2 aromatic carbocycles. The number of azide groups is 1. The van der Waals surface area contributed by atoms with Crippen molar-refractivity contribution in [2.45, 2.75) is 44.3 Å². The molecule has 1 heterocycles. The summed E-state index contributed by atoms with van der Waals surface area (Å²) in [6.07, 6.45) is -0.545. The Morgan fingerprint density at radius 3 is 2.13 bits per heavy atom. The summed E-state index contributed by atoms with van der Waals surface area (Å²) in [5.41, 5.74) is 8.77. The number of likely N-dealkylation sites (tertiary alicyclic amines) is 1. The molecule has 1 fully saturated rings. The molecule has 7 nitrogen and oxygen atoms in total. The summed E-state index contributed by atoms with van der Waals surface area (Å²) in [7, 11) is -2.74. The first kappa shape index (κ1) is 21.9. The van der Waals surface area contributed by atoms with Crippen LogP contribution in [0.25, 0.3) is 10.4 Å². The number of hydrogen-bond acceptors (Lipinski definition) is 3. The summed E-state index contributed by atoms with van der Waals surface area (Å²) in [4.78, 5) is 16.0. The SMILES string of the molecule is CC(C)(C)[Si](OC[C@@H]1C[C@@H](N=[N+]=[N-])CN1C(=O)O)(c1ccccc1)c1ccccc1. The first-order valence-corrected chi connectivity index (χ1v) is 12.0. The Hall–Kier alpha value is -2.80. The van der Waals surface area contributed by atoms with Gasteiger partial charge in [0.2, 0.25) is 0 Å². The highest BCUT2D eigenvalue weighted by molar-refractivity contribution is 6.99. The number of benzene rings is 2. The van der Waals surface area contributed by atoms with Gasteiger partial charge in [-0.2, -0.15) is 0 Å². The highest BCUT2D eigenvalue weighted by atomic mass is 28.4. The Balaban J connectivity index is 2.01. The molecule has 0 bridgehead atoms. The van der Waals surface area contributed by atoms with Gasteiger partial charge >= 0.3 is 6.09 Å². The lowest BCUT2D eigenvalue weighted by atomic mass is 10.2. The molecule has 1 N–H and O–H groups in total. The molecule has 0 aliphatic carbocycles. The van der Waals surface area contributed by atoms with Gasteiger partial charge in [-0.3, -0.25) is 0 Å². The summed E-state index contributed by atoms with van der Waals surface area (Å²) < 4.78 is 6.86. The van der Waals surface area contributed by atoms with Crippen LogP contribution in [0.4, 0.5) is 4.79 Å². The molecule has 0 radical (unpaired) electrons. The normalized spacial score (nSPS) is 19.4. The topological polar surface area (TPSA) is 98.5 Å². The summed E-state index contributed by atoms with van der Waals surface area (Å²) >= 11 is 0. The number of nitrogens with zero attached hydrogens (tertiary/aromatic N) is 4. The maximum Gasteiger partial charge on any atom is 0.407 e. The zero-order chi connectivity index (χ0) is 21.8. The molecule has 1 aliphatic rings. The lowest BCUT2D eigenvalue weighted by molar-refractivity contribution is 0.121. The van der Waals surface area contributed by atoms with Gasteiger partial charge in [0.1, 0.15) is 0 Å². The molecule has 1 aliphatic heterocycles. The molecule has 158 valence electrons. The summed E-state index contributed by atoms with van der Waals surface area (Å²) in [5, 5.41) is 15.5. The molecule has 30 heavy (non-hydrogen) atoms. The Morgan fingerprint density at radius 1 is 1.17 bits per heavy atom. The summed E-state index contributed by atoms with van der Waals surface area (Å²) in [6.45, 7) is 7.02. The van der Waals surface area contributed by atoms with E-state index in [1.807, 2.05) is 36.4 Å². The van der Waals surface area contributed by atoms with Crippen LogP contribution in [-0.4, -0.2) is 49.7 Å². The van der Waals surface area contributed by atoms with Gasteiger partial charge in [0.25, 0.3) is 8.32 Å². The van der Waals surface area contributed by atoms with Crippen molar-refractivity contribution in [3.63, 3.8) is 0 Å². The summed E-state index contributed by atoms with van der Waals surface area (Å²) in [5.74, 6) is 0. The maximum absolute atomic E-state index is 11.8. The minimum absolute atomic E-state index is 0.188. The molecule has 1 amide bonds. The van der Waals surface area contributed by atoms with Gasteiger partial charge < -0.3 is 14.4 Å². The second-order valence-corrected chi connectivity index (χ2v) is 13.0. The fourth-order valence-electron chi connectivity index (χ4n) is 4.42. The average Bonchev–Trinajstić information content (AvgIpc) is 3.12. The average molecular weight is 425 g/mol. The van der Waals surface area contributed by atoms with Gasteiger partial charge in [-0.1, -0.05) is 86.5 Å². The number of rotatable bonds is 6. The van der Waals surface area contributed by atoms with Crippen LogP contribution in [0, 0.1) is 0 Å². The summed E-state index contributed by atoms with van der Waals surface area (Å²) in [6, 6.07) is 19.8. The third-order valence-electron chi connectivity index (χ3n) is 5.76. The number of hydrogen-bond donors (Lipinski definition) is 1. The van der Waals surface area contributed by atoms with Crippen molar-refractivity contribution < 1.29 is 14.3 Å². The lowest BCUT2D eigenvalue weighted by Crippen LogP contribution is -2.67.